The molecule has 0 fully saturated rings. The van der Waals surface area contributed by atoms with Crippen molar-refractivity contribution in [1.29, 1.82) is 0 Å². The van der Waals surface area contributed by atoms with E-state index in [1.54, 1.807) is 13.4 Å². The molecule has 0 aliphatic heterocycles. The molecule has 1 heterocycles. The molecule has 0 atom stereocenters. The number of benzene rings is 1. The van der Waals surface area contributed by atoms with Gasteiger partial charge in [0.05, 0.1) is 7.11 Å². The third kappa shape index (κ3) is 5.99. The zero-order chi connectivity index (χ0) is 16.5. The summed E-state index contributed by atoms with van der Waals surface area (Å²) >= 11 is 0. The molecule has 0 saturated carbocycles. The molecule has 2 N–H and O–H groups in total. The van der Waals surface area contributed by atoms with E-state index in [2.05, 4.69) is 31.9 Å². The van der Waals surface area contributed by atoms with Crippen LogP contribution in [-0.2, 0) is 20.0 Å². The van der Waals surface area contributed by atoms with Gasteiger partial charge in [-0.1, -0.05) is 18.2 Å². The zero-order valence-corrected chi connectivity index (χ0v) is 16.7. The fourth-order valence-corrected chi connectivity index (χ4v) is 2.17. The number of rotatable bonds is 7. The number of halogens is 1. The van der Waals surface area contributed by atoms with Gasteiger partial charge < -0.3 is 19.9 Å². The van der Waals surface area contributed by atoms with Gasteiger partial charge in [-0.2, -0.15) is 0 Å². The molecule has 0 aliphatic carbocycles. The molecule has 24 heavy (non-hydrogen) atoms. The Hall–Kier alpha value is -1.84. The average Bonchev–Trinajstić information content (AvgIpc) is 2.98. The first kappa shape index (κ1) is 20.2. The maximum absolute atomic E-state index is 5.37. The number of ether oxygens (including phenoxy) is 1. The number of hydrogen-bond donors (Lipinski definition) is 2. The second kappa shape index (κ2) is 10.8. The molecule has 2 rings (SSSR count). The fraction of sp³-hybridized carbons (Fsp3) is 0.438. The minimum absolute atomic E-state index is 0. The molecule has 0 radical (unpaired) electrons. The summed E-state index contributed by atoms with van der Waals surface area (Å²) < 4.78 is 7.23. The molecule has 1 aromatic heterocycles. The van der Waals surface area contributed by atoms with Crippen molar-refractivity contribution < 1.29 is 4.74 Å². The van der Waals surface area contributed by atoms with E-state index in [4.69, 9.17) is 4.74 Å². The highest BCUT2D eigenvalue weighted by Crippen LogP contribution is 2.17. The summed E-state index contributed by atoms with van der Waals surface area (Å²) in [5, 5.41) is 14.4. The van der Waals surface area contributed by atoms with Gasteiger partial charge in [0.2, 0.25) is 0 Å². The number of aliphatic imine (C=N–C) groups is 1. The summed E-state index contributed by atoms with van der Waals surface area (Å²) in [6.07, 6.45) is 2.53. The van der Waals surface area contributed by atoms with Crippen LogP contribution in [0.1, 0.15) is 18.3 Å². The van der Waals surface area contributed by atoms with Crippen LogP contribution < -0.4 is 15.4 Å². The standard InChI is InChI=1S/C16H24N6O.HI/c1-4-17-16(19-11-15-21-20-12-22(15)2)18-10-9-13-7-5-6-8-14(13)23-3;/h5-8,12H,4,9-11H2,1-3H3,(H2,17,18,19);1H. The van der Waals surface area contributed by atoms with E-state index in [-0.39, 0.29) is 24.0 Å². The van der Waals surface area contributed by atoms with Crippen molar-refractivity contribution in [3.05, 3.63) is 42.0 Å². The van der Waals surface area contributed by atoms with Gasteiger partial charge in [-0.25, -0.2) is 4.99 Å². The van der Waals surface area contributed by atoms with E-state index in [1.165, 1.54) is 5.56 Å². The van der Waals surface area contributed by atoms with Gasteiger partial charge in [0.1, 0.15) is 18.6 Å². The van der Waals surface area contributed by atoms with E-state index in [0.717, 1.165) is 37.0 Å². The van der Waals surface area contributed by atoms with E-state index in [9.17, 15) is 0 Å². The van der Waals surface area contributed by atoms with Crippen molar-refractivity contribution in [3.8, 4) is 5.75 Å². The Labute approximate surface area is 159 Å². The molecule has 1 aromatic carbocycles. The van der Waals surface area contributed by atoms with E-state index in [0.29, 0.717) is 6.54 Å². The van der Waals surface area contributed by atoms with Crippen LogP contribution in [0.15, 0.2) is 35.6 Å². The van der Waals surface area contributed by atoms with Crippen LogP contribution in [0, 0.1) is 0 Å². The lowest BCUT2D eigenvalue weighted by atomic mass is 10.1. The Morgan fingerprint density at radius 2 is 2.08 bits per heavy atom. The lowest BCUT2D eigenvalue weighted by Crippen LogP contribution is -2.38. The number of methoxy groups -OCH3 is 1. The van der Waals surface area contributed by atoms with E-state index in [1.807, 2.05) is 36.7 Å². The van der Waals surface area contributed by atoms with E-state index < -0.39 is 0 Å². The van der Waals surface area contributed by atoms with Crippen LogP contribution in [0.4, 0.5) is 0 Å². The molecular weight excluding hydrogens is 419 g/mol. The molecular formula is C16H25IN6O. The fourth-order valence-electron chi connectivity index (χ4n) is 2.17. The van der Waals surface area contributed by atoms with Crippen LogP contribution in [0.2, 0.25) is 0 Å². The molecule has 0 aliphatic rings. The average molecular weight is 444 g/mol. The van der Waals surface area contributed by atoms with Crippen LogP contribution in [-0.4, -0.2) is 40.9 Å². The van der Waals surface area contributed by atoms with Crippen molar-refractivity contribution in [2.24, 2.45) is 12.0 Å². The quantitative estimate of drug-likeness (QED) is 0.387. The molecule has 0 saturated heterocycles. The SMILES string of the molecule is CCNC(=NCc1nncn1C)NCCc1ccccc1OC.I. The molecule has 7 nitrogen and oxygen atoms in total. The zero-order valence-electron chi connectivity index (χ0n) is 14.3. The van der Waals surface area contributed by atoms with Crippen molar-refractivity contribution in [2.45, 2.75) is 19.9 Å². The van der Waals surface area contributed by atoms with Crippen molar-refractivity contribution in [2.75, 3.05) is 20.2 Å². The summed E-state index contributed by atoms with van der Waals surface area (Å²) in [5.74, 6) is 2.51. The van der Waals surface area contributed by atoms with Crippen molar-refractivity contribution in [3.63, 3.8) is 0 Å². The number of guanidine groups is 1. The predicted molar refractivity (Wildman–Crippen MR) is 106 cm³/mol. The van der Waals surface area contributed by atoms with Gasteiger partial charge in [0.15, 0.2) is 11.8 Å². The van der Waals surface area contributed by atoms with Gasteiger partial charge in [0, 0.05) is 20.1 Å². The third-order valence-corrected chi connectivity index (χ3v) is 3.41. The highest BCUT2D eigenvalue weighted by molar-refractivity contribution is 14.0. The predicted octanol–water partition coefficient (Wildman–Crippen LogP) is 1.74. The second-order valence-electron chi connectivity index (χ2n) is 5.04. The first-order valence-corrected chi connectivity index (χ1v) is 7.71. The van der Waals surface area contributed by atoms with Crippen molar-refractivity contribution in [1.82, 2.24) is 25.4 Å². The van der Waals surface area contributed by atoms with Crippen LogP contribution in [0.3, 0.4) is 0 Å². The number of aryl methyl sites for hydroxylation is 1. The summed E-state index contributed by atoms with van der Waals surface area (Å²) in [7, 11) is 3.60. The first-order valence-electron chi connectivity index (χ1n) is 7.71. The largest absolute Gasteiger partial charge is 0.496 e. The van der Waals surface area contributed by atoms with Gasteiger partial charge in [-0.05, 0) is 25.0 Å². The minimum atomic E-state index is 0. The first-order chi connectivity index (χ1) is 11.2. The number of nitrogens with zero attached hydrogens (tertiary/aromatic N) is 4. The molecule has 132 valence electrons. The number of nitrogens with one attached hydrogen (secondary N) is 2. The molecule has 0 bridgehead atoms. The molecule has 0 unspecified atom stereocenters. The van der Waals surface area contributed by atoms with Gasteiger partial charge >= 0.3 is 0 Å². The molecule has 2 aromatic rings. The smallest absolute Gasteiger partial charge is 0.191 e. The number of aromatic nitrogens is 3. The van der Waals surface area contributed by atoms with E-state index >= 15 is 0 Å². The van der Waals surface area contributed by atoms with Gasteiger partial charge in [-0.15, -0.1) is 34.2 Å². The second-order valence-corrected chi connectivity index (χ2v) is 5.04. The normalized spacial score (nSPS) is 10.9. The number of hydrogen-bond acceptors (Lipinski definition) is 4. The van der Waals surface area contributed by atoms with Gasteiger partial charge in [-0.3, -0.25) is 0 Å². The molecule has 0 amide bonds. The third-order valence-electron chi connectivity index (χ3n) is 3.41. The Bertz CT molecular complexity index is 643. The van der Waals surface area contributed by atoms with Crippen LogP contribution in [0.25, 0.3) is 0 Å². The highest BCUT2D eigenvalue weighted by Gasteiger charge is 2.04. The monoisotopic (exact) mass is 444 g/mol. The van der Waals surface area contributed by atoms with Crippen LogP contribution >= 0.6 is 24.0 Å². The Balaban J connectivity index is 0.00000288. The summed E-state index contributed by atoms with van der Waals surface area (Å²) in [6, 6.07) is 8.04. The Morgan fingerprint density at radius 3 is 2.75 bits per heavy atom. The highest BCUT2D eigenvalue weighted by atomic mass is 127. The maximum Gasteiger partial charge on any atom is 0.191 e. The van der Waals surface area contributed by atoms with Crippen LogP contribution in [0.5, 0.6) is 5.75 Å². The lowest BCUT2D eigenvalue weighted by molar-refractivity contribution is 0.409. The summed E-state index contributed by atoms with van der Waals surface area (Å²) in [5.41, 5.74) is 1.17. The maximum atomic E-state index is 5.37. The summed E-state index contributed by atoms with van der Waals surface area (Å²) in [6.45, 7) is 4.10. The lowest BCUT2D eigenvalue weighted by Gasteiger charge is -2.12. The molecule has 8 heteroatoms. The Morgan fingerprint density at radius 1 is 1.29 bits per heavy atom. The molecule has 0 spiro atoms. The number of para-hydroxylation sites is 1. The van der Waals surface area contributed by atoms with Crippen molar-refractivity contribution >= 4 is 29.9 Å². The summed E-state index contributed by atoms with van der Waals surface area (Å²) in [4.78, 5) is 4.53. The topological polar surface area (TPSA) is 76.4 Å². The minimum Gasteiger partial charge on any atom is -0.496 e. The Kier molecular flexibility index (Phi) is 9.13. The van der Waals surface area contributed by atoms with Gasteiger partial charge in [0.25, 0.3) is 0 Å².